The molecule has 0 spiro atoms. The van der Waals surface area contributed by atoms with Gasteiger partial charge in [-0.25, -0.2) is 4.79 Å². The third-order valence-corrected chi connectivity index (χ3v) is 4.29. The maximum atomic E-state index is 12.6. The minimum Gasteiger partial charge on any atom is -0.338 e. The number of piperazine rings is 1. The molecule has 1 N–H and O–H groups in total. The molecule has 132 valence electrons. The van der Waals surface area contributed by atoms with Crippen LogP contribution in [0.15, 0.2) is 42.7 Å². The van der Waals surface area contributed by atoms with E-state index < -0.39 is 0 Å². The van der Waals surface area contributed by atoms with E-state index in [1.165, 1.54) is 0 Å². The monoisotopic (exact) mass is 341 g/mol. The van der Waals surface area contributed by atoms with Gasteiger partial charge in [0, 0.05) is 50.7 Å². The predicted octanol–water partition coefficient (Wildman–Crippen LogP) is 1.42. The Bertz CT molecular complexity index is 704. The van der Waals surface area contributed by atoms with Gasteiger partial charge in [0.2, 0.25) is 0 Å². The van der Waals surface area contributed by atoms with Crippen LogP contribution >= 0.6 is 0 Å². The molecule has 1 saturated heterocycles. The number of hydrogen-bond acceptors (Lipinski definition) is 3. The topological polar surface area (TPSA) is 70.5 Å². The van der Waals surface area contributed by atoms with Crippen LogP contribution in [0.2, 0.25) is 0 Å². The fourth-order valence-corrected chi connectivity index (χ4v) is 2.89. The standard InChI is InChI=1S/C18H23N5O2/c1-2-19-18(25)22-12-10-21(11-13-22)17(24)16-6-4-15(5-7-16)14-23-9-3-8-20-23/h3-9H,2,10-14H2,1H3,(H,19,25). The summed E-state index contributed by atoms with van der Waals surface area (Å²) in [5.74, 6) is 0.0150. The lowest BCUT2D eigenvalue weighted by molar-refractivity contribution is 0.0665. The second-order valence-corrected chi connectivity index (χ2v) is 6.02. The molecule has 3 rings (SSSR count). The van der Waals surface area contributed by atoms with Gasteiger partial charge < -0.3 is 15.1 Å². The Morgan fingerprint density at radius 1 is 1.08 bits per heavy atom. The maximum Gasteiger partial charge on any atom is 0.317 e. The Labute approximate surface area is 147 Å². The van der Waals surface area contributed by atoms with Gasteiger partial charge in [0.1, 0.15) is 0 Å². The molecule has 1 fully saturated rings. The van der Waals surface area contributed by atoms with Gasteiger partial charge in [-0.2, -0.15) is 5.10 Å². The molecule has 2 aromatic rings. The van der Waals surface area contributed by atoms with Crippen LogP contribution in [-0.2, 0) is 6.54 Å². The summed E-state index contributed by atoms with van der Waals surface area (Å²) < 4.78 is 1.84. The third-order valence-electron chi connectivity index (χ3n) is 4.29. The van der Waals surface area contributed by atoms with Crippen molar-refractivity contribution in [3.8, 4) is 0 Å². The largest absolute Gasteiger partial charge is 0.338 e. The molecule has 1 aliphatic rings. The summed E-state index contributed by atoms with van der Waals surface area (Å²) in [5, 5.41) is 6.97. The lowest BCUT2D eigenvalue weighted by Crippen LogP contribution is -2.53. The summed E-state index contributed by atoms with van der Waals surface area (Å²) >= 11 is 0. The van der Waals surface area contributed by atoms with Crippen molar-refractivity contribution in [1.29, 1.82) is 0 Å². The molecule has 0 radical (unpaired) electrons. The van der Waals surface area contributed by atoms with Gasteiger partial charge in [0.15, 0.2) is 0 Å². The molecule has 3 amide bonds. The zero-order valence-corrected chi connectivity index (χ0v) is 14.4. The number of rotatable bonds is 4. The first-order valence-electron chi connectivity index (χ1n) is 8.56. The molecule has 1 aromatic carbocycles. The highest BCUT2D eigenvalue weighted by atomic mass is 16.2. The Hall–Kier alpha value is -2.83. The maximum absolute atomic E-state index is 12.6. The van der Waals surface area contributed by atoms with Crippen LogP contribution in [0.25, 0.3) is 0 Å². The van der Waals surface area contributed by atoms with Crippen LogP contribution in [0.1, 0.15) is 22.8 Å². The van der Waals surface area contributed by atoms with E-state index in [9.17, 15) is 9.59 Å². The number of aromatic nitrogens is 2. The first-order chi connectivity index (χ1) is 12.2. The average molecular weight is 341 g/mol. The molecule has 0 saturated carbocycles. The smallest absolute Gasteiger partial charge is 0.317 e. The van der Waals surface area contributed by atoms with Crippen molar-refractivity contribution < 1.29 is 9.59 Å². The predicted molar refractivity (Wildman–Crippen MR) is 94.3 cm³/mol. The Balaban J connectivity index is 1.55. The van der Waals surface area contributed by atoms with Crippen molar-refractivity contribution in [3.63, 3.8) is 0 Å². The van der Waals surface area contributed by atoms with Crippen LogP contribution in [0.3, 0.4) is 0 Å². The van der Waals surface area contributed by atoms with Crippen LogP contribution in [0.4, 0.5) is 4.79 Å². The van der Waals surface area contributed by atoms with Gasteiger partial charge in [0.25, 0.3) is 5.91 Å². The summed E-state index contributed by atoms with van der Waals surface area (Å²) in [6.07, 6.45) is 3.66. The molecule has 7 nitrogen and oxygen atoms in total. The van der Waals surface area contributed by atoms with E-state index in [0.717, 1.165) is 5.56 Å². The van der Waals surface area contributed by atoms with Crippen LogP contribution in [-0.4, -0.2) is 64.2 Å². The second-order valence-electron chi connectivity index (χ2n) is 6.02. The van der Waals surface area contributed by atoms with Gasteiger partial charge in [0.05, 0.1) is 6.54 Å². The Kier molecular flexibility index (Phi) is 5.33. The zero-order chi connectivity index (χ0) is 17.6. The number of carbonyl (C=O) groups excluding carboxylic acids is 2. The fourth-order valence-electron chi connectivity index (χ4n) is 2.89. The SMILES string of the molecule is CCNC(=O)N1CCN(C(=O)c2ccc(Cn3cccn3)cc2)CC1. The fraction of sp³-hybridized carbons (Fsp3) is 0.389. The van der Waals surface area contributed by atoms with Crippen molar-refractivity contribution in [2.24, 2.45) is 0 Å². The number of hydrogen-bond donors (Lipinski definition) is 1. The van der Waals surface area contributed by atoms with Crippen molar-refractivity contribution in [2.45, 2.75) is 13.5 Å². The number of amides is 3. The number of carbonyl (C=O) groups is 2. The first kappa shape index (κ1) is 17.0. The Morgan fingerprint density at radius 3 is 2.36 bits per heavy atom. The lowest BCUT2D eigenvalue weighted by Gasteiger charge is -2.34. The van der Waals surface area contributed by atoms with Gasteiger partial charge in [-0.15, -0.1) is 0 Å². The lowest BCUT2D eigenvalue weighted by atomic mass is 10.1. The minimum atomic E-state index is -0.0578. The Morgan fingerprint density at radius 2 is 1.76 bits per heavy atom. The average Bonchev–Trinajstić information content (AvgIpc) is 3.15. The van der Waals surface area contributed by atoms with E-state index in [1.807, 2.05) is 48.1 Å². The van der Waals surface area contributed by atoms with Gasteiger partial charge in [-0.05, 0) is 30.7 Å². The number of nitrogens with one attached hydrogen (secondary N) is 1. The van der Waals surface area contributed by atoms with Crippen LogP contribution < -0.4 is 5.32 Å². The van der Waals surface area contributed by atoms with Crippen LogP contribution in [0, 0.1) is 0 Å². The van der Waals surface area contributed by atoms with Crippen LogP contribution in [0.5, 0.6) is 0 Å². The van der Waals surface area contributed by atoms with Crippen molar-refractivity contribution >= 4 is 11.9 Å². The number of nitrogens with zero attached hydrogens (tertiary/aromatic N) is 4. The number of benzene rings is 1. The molecule has 0 aliphatic carbocycles. The van der Waals surface area contributed by atoms with Gasteiger partial charge >= 0.3 is 6.03 Å². The summed E-state index contributed by atoms with van der Waals surface area (Å²) in [6.45, 7) is 5.45. The molecule has 1 aromatic heterocycles. The molecule has 2 heterocycles. The normalized spacial score (nSPS) is 14.4. The summed E-state index contributed by atoms with van der Waals surface area (Å²) in [4.78, 5) is 28.0. The van der Waals surface area contributed by atoms with E-state index in [0.29, 0.717) is 44.8 Å². The summed E-state index contributed by atoms with van der Waals surface area (Å²) in [6, 6.07) is 9.46. The van der Waals surface area contributed by atoms with Gasteiger partial charge in [-0.1, -0.05) is 12.1 Å². The van der Waals surface area contributed by atoms with E-state index in [4.69, 9.17) is 0 Å². The first-order valence-corrected chi connectivity index (χ1v) is 8.56. The minimum absolute atomic E-state index is 0.0150. The van der Waals surface area contributed by atoms with Crippen molar-refractivity contribution in [2.75, 3.05) is 32.7 Å². The molecular formula is C18H23N5O2. The highest BCUT2D eigenvalue weighted by molar-refractivity contribution is 5.94. The molecule has 0 unspecified atom stereocenters. The third kappa shape index (κ3) is 4.17. The van der Waals surface area contributed by atoms with E-state index in [2.05, 4.69) is 10.4 Å². The molecule has 0 bridgehead atoms. The quantitative estimate of drug-likeness (QED) is 0.914. The summed E-state index contributed by atoms with van der Waals surface area (Å²) in [7, 11) is 0. The van der Waals surface area contributed by atoms with Gasteiger partial charge in [-0.3, -0.25) is 9.48 Å². The van der Waals surface area contributed by atoms with Crippen molar-refractivity contribution in [3.05, 3.63) is 53.9 Å². The molecule has 0 atom stereocenters. The molecule has 1 aliphatic heterocycles. The second kappa shape index (κ2) is 7.83. The van der Waals surface area contributed by atoms with E-state index in [-0.39, 0.29) is 11.9 Å². The highest BCUT2D eigenvalue weighted by Crippen LogP contribution is 2.11. The highest BCUT2D eigenvalue weighted by Gasteiger charge is 2.24. The molecule has 25 heavy (non-hydrogen) atoms. The van der Waals surface area contributed by atoms with Crippen molar-refractivity contribution in [1.82, 2.24) is 24.9 Å². The number of urea groups is 1. The molecular weight excluding hydrogens is 318 g/mol. The zero-order valence-electron chi connectivity index (χ0n) is 14.4. The molecule has 7 heteroatoms. The summed E-state index contributed by atoms with van der Waals surface area (Å²) in [5.41, 5.74) is 1.77. The van der Waals surface area contributed by atoms with E-state index >= 15 is 0 Å². The van der Waals surface area contributed by atoms with E-state index in [1.54, 1.807) is 16.0 Å².